The molecule has 4 nitrogen and oxygen atoms in total. The highest BCUT2D eigenvalue weighted by Gasteiger charge is 2.36. The van der Waals surface area contributed by atoms with Crippen LogP contribution in [0.5, 0.6) is 0 Å². The molecule has 120 valence electrons. The number of carbonyl (C=O) groups is 1. The summed E-state index contributed by atoms with van der Waals surface area (Å²) in [5.74, 6) is 0.758. The fourth-order valence-corrected chi connectivity index (χ4v) is 3.96. The van der Waals surface area contributed by atoms with Crippen molar-refractivity contribution in [1.82, 2.24) is 9.80 Å². The third-order valence-corrected chi connectivity index (χ3v) is 5.03. The Morgan fingerprint density at radius 2 is 2.05 bits per heavy atom. The molecule has 0 bridgehead atoms. The standard InChI is InChI=1S/C18H26N2O2/c1-22-14-18(21)20-11-9-17-16(13-20)8-5-10-19(17)12-15-6-3-2-4-7-15/h2-4,6-7,16-17H,5,8-14H2,1H3/t16-,17+/m1/s1. The van der Waals surface area contributed by atoms with Crippen LogP contribution in [-0.2, 0) is 16.1 Å². The average molecular weight is 302 g/mol. The number of likely N-dealkylation sites (tertiary alicyclic amines) is 2. The van der Waals surface area contributed by atoms with Crippen LogP contribution in [0.25, 0.3) is 0 Å². The molecule has 0 aliphatic carbocycles. The molecule has 4 heteroatoms. The van der Waals surface area contributed by atoms with Crippen LogP contribution in [0.1, 0.15) is 24.8 Å². The fourth-order valence-electron chi connectivity index (χ4n) is 3.96. The molecular formula is C18H26N2O2. The van der Waals surface area contributed by atoms with Gasteiger partial charge in [-0.1, -0.05) is 30.3 Å². The number of methoxy groups -OCH3 is 1. The van der Waals surface area contributed by atoms with Crippen LogP contribution in [0.2, 0.25) is 0 Å². The SMILES string of the molecule is COCC(=O)N1CC[C@H]2[C@H](CCCN2Cc2ccccc2)C1. The molecule has 22 heavy (non-hydrogen) atoms. The summed E-state index contributed by atoms with van der Waals surface area (Å²) in [5, 5.41) is 0. The summed E-state index contributed by atoms with van der Waals surface area (Å²) in [6.07, 6.45) is 3.57. The molecule has 1 aromatic rings. The van der Waals surface area contributed by atoms with Crippen molar-refractivity contribution in [2.75, 3.05) is 33.4 Å². The van der Waals surface area contributed by atoms with E-state index in [2.05, 4.69) is 35.2 Å². The van der Waals surface area contributed by atoms with Gasteiger partial charge in [-0.05, 0) is 37.3 Å². The first kappa shape index (κ1) is 15.5. The lowest BCUT2D eigenvalue weighted by molar-refractivity contribution is -0.138. The first-order chi connectivity index (χ1) is 10.8. The second-order valence-corrected chi connectivity index (χ2v) is 6.49. The molecule has 2 fully saturated rings. The maximum Gasteiger partial charge on any atom is 0.248 e. The van der Waals surface area contributed by atoms with Crippen LogP contribution in [-0.4, -0.2) is 55.1 Å². The van der Waals surface area contributed by atoms with E-state index >= 15 is 0 Å². The Balaban J connectivity index is 1.62. The summed E-state index contributed by atoms with van der Waals surface area (Å²) in [7, 11) is 1.59. The molecule has 1 aromatic carbocycles. The van der Waals surface area contributed by atoms with Gasteiger partial charge in [-0.15, -0.1) is 0 Å². The molecule has 0 radical (unpaired) electrons. The van der Waals surface area contributed by atoms with Crippen LogP contribution < -0.4 is 0 Å². The maximum absolute atomic E-state index is 12.0. The minimum Gasteiger partial charge on any atom is -0.375 e. The summed E-state index contributed by atoms with van der Waals surface area (Å²) in [6.45, 7) is 4.20. The van der Waals surface area contributed by atoms with E-state index < -0.39 is 0 Å². The molecule has 0 aromatic heterocycles. The van der Waals surface area contributed by atoms with Crippen molar-refractivity contribution in [2.45, 2.75) is 31.8 Å². The zero-order chi connectivity index (χ0) is 15.4. The van der Waals surface area contributed by atoms with E-state index in [1.807, 2.05) is 4.90 Å². The van der Waals surface area contributed by atoms with Crippen molar-refractivity contribution < 1.29 is 9.53 Å². The number of hydrogen-bond acceptors (Lipinski definition) is 3. The van der Waals surface area contributed by atoms with Gasteiger partial charge in [-0.3, -0.25) is 9.69 Å². The number of piperidine rings is 2. The largest absolute Gasteiger partial charge is 0.375 e. The Kier molecular flexibility index (Phi) is 5.11. The summed E-state index contributed by atoms with van der Waals surface area (Å²) in [5.41, 5.74) is 1.39. The van der Waals surface area contributed by atoms with Crippen molar-refractivity contribution in [3.8, 4) is 0 Å². The van der Waals surface area contributed by atoms with Crippen molar-refractivity contribution in [1.29, 1.82) is 0 Å². The highest BCUT2D eigenvalue weighted by molar-refractivity contribution is 5.77. The second-order valence-electron chi connectivity index (χ2n) is 6.49. The molecule has 0 unspecified atom stereocenters. The van der Waals surface area contributed by atoms with E-state index in [9.17, 15) is 4.79 Å². The van der Waals surface area contributed by atoms with Crippen LogP contribution in [0.3, 0.4) is 0 Å². The molecule has 2 heterocycles. The number of ether oxygens (including phenoxy) is 1. The summed E-state index contributed by atoms with van der Waals surface area (Å²) in [4.78, 5) is 16.7. The third kappa shape index (κ3) is 3.50. The lowest BCUT2D eigenvalue weighted by Gasteiger charge is -2.47. The number of nitrogens with zero attached hydrogens (tertiary/aromatic N) is 2. The lowest BCUT2D eigenvalue weighted by Crippen LogP contribution is -2.55. The monoisotopic (exact) mass is 302 g/mol. The number of amides is 1. The van der Waals surface area contributed by atoms with E-state index in [1.165, 1.54) is 24.9 Å². The van der Waals surface area contributed by atoms with E-state index in [4.69, 9.17) is 4.74 Å². The average Bonchev–Trinajstić information content (AvgIpc) is 2.56. The Morgan fingerprint density at radius 3 is 2.82 bits per heavy atom. The summed E-state index contributed by atoms with van der Waals surface area (Å²) >= 11 is 0. The predicted octanol–water partition coefficient (Wildman–Crippen LogP) is 2.15. The van der Waals surface area contributed by atoms with E-state index in [0.29, 0.717) is 12.0 Å². The quantitative estimate of drug-likeness (QED) is 0.854. The van der Waals surface area contributed by atoms with Gasteiger partial charge in [0.25, 0.3) is 0 Å². The Bertz CT molecular complexity index is 491. The van der Waals surface area contributed by atoms with Gasteiger partial charge in [0.05, 0.1) is 0 Å². The van der Waals surface area contributed by atoms with Crippen LogP contribution in [0.4, 0.5) is 0 Å². The van der Waals surface area contributed by atoms with Gasteiger partial charge < -0.3 is 9.64 Å². The minimum atomic E-state index is 0.140. The van der Waals surface area contributed by atoms with Gasteiger partial charge >= 0.3 is 0 Å². The Morgan fingerprint density at radius 1 is 1.23 bits per heavy atom. The number of rotatable bonds is 4. The highest BCUT2D eigenvalue weighted by atomic mass is 16.5. The van der Waals surface area contributed by atoms with Crippen molar-refractivity contribution in [3.63, 3.8) is 0 Å². The molecule has 0 saturated carbocycles. The van der Waals surface area contributed by atoms with E-state index in [0.717, 1.165) is 26.1 Å². The van der Waals surface area contributed by atoms with Gasteiger partial charge in [-0.2, -0.15) is 0 Å². The van der Waals surface area contributed by atoms with E-state index in [1.54, 1.807) is 7.11 Å². The van der Waals surface area contributed by atoms with Crippen molar-refractivity contribution >= 4 is 5.91 Å². The van der Waals surface area contributed by atoms with Gasteiger partial charge in [-0.25, -0.2) is 0 Å². The summed E-state index contributed by atoms with van der Waals surface area (Å²) < 4.78 is 4.99. The third-order valence-electron chi connectivity index (χ3n) is 5.03. The predicted molar refractivity (Wildman–Crippen MR) is 86.4 cm³/mol. The van der Waals surface area contributed by atoms with Gasteiger partial charge in [0.1, 0.15) is 6.61 Å². The number of benzene rings is 1. The molecule has 3 rings (SSSR count). The number of fused-ring (bicyclic) bond motifs is 1. The molecule has 2 aliphatic rings. The molecule has 0 N–H and O–H groups in total. The van der Waals surface area contributed by atoms with E-state index in [-0.39, 0.29) is 12.5 Å². The Hall–Kier alpha value is -1.39. The highest BCUT2D eigenvalue weighted by Crippen LogP contribution is 2.31. The molecule has 0 spiro atoms. The zero-order valence-electron chi connectivity index (χ0n) is 13.4. The van der Waals surface area contributed by atoms with Gasteiger partial charge in [0.2, 0.25) is 5.91 Å². The van der Waals surface area contributed by atoms with Gasteiger partial charge in [0, 0.05) is 32.8 Å². The van der Waals surface area contributed by atoms with Crippen LogP contribution in [0.15, 0.2) is 30.3 Å². The van der Waals surface area contributed by atoms with Crippen molar-refractivity contribution in [3.05, 3.63) is 35.9 Å². The fraction of sp³-hybridized carbons (Fsp3) is 0.611. The first-order valence-electron chi connectivity index (χ1n) is 8.32. The zero-order valence-corrected chi connectivity index (χ0v) is 13.4. The second kappa shape index (κ2) is 7.25. The molecular weight excluding hydrogens is 276 g/mol. The first-order valence-corrected chi connectivity index (χ1v) is 8.32. The Labute approximate surface area is 133 Å². The minimum absolute atomic E-state index is 0.140. The maximum atomic E-state index is 12.0. The molecule has 2 aliphatic heterocycles. The number of hydrogen-bond donors (Lipinski definition) is 0. The number of carbonyl (C=O) groups excluding carboxylic acids is 1. The summed E-state index contributed by atoms with van der Waals surface area (Å²) in [6, 6.07) is 11.3. The van der Waals surface area contributed by atoms with Crippen LogP contribution >= 0.6 is 0 Å². The van der Waals surface area contributed by atoms with Gasteiger partial charge in [0.15, 0.2) is 0 Å². The molecule has 2 saturated heterocycles. The normalized spacial score (nSPS) is 25.8. The molecule has 1 amide bonds. The molecule has 2 atom stereocenters. The topological polar surface area (TPSA) is 32.8 Å². The lowest BCUT2D eigenvalue weighted by atomic mass is 9.83. The van der Waals surface area contributed by atoms with Crippen LogP contribution in [0, 0.1) is 5.92 Å². The van der Waals surface area contributed by atoms with Crippen molar-refractivity contribution in [2.24, 2.45) is 5.92 Å². The smallest absolute Gasteiger partial charge is 0.248 e.